The third-order valence-corrected chi connectivity index (χ3v) is 4.68. The van der Waals surface area contributed by atoms with Crippen molar-refractivity contribution in [3.05, 3.63) is 86.0 Å². The van der Waals surface area contributed by atoms with Crippen molar-refractivity contribution in [2.75, 3.05) is 11.5 Å². The van der Waals surface area contributed by atoms with E-state index >= 15 is 0 Å². The molecule has 0 unspecified atom stereocenters. The molecule has 0 N–H and O–H groups in total. The van der Waals surface area contributed by atoms with E-state index in [2.05, 4.69) is 48.5 Å². The Labute approximate surface area is 162 Å². The zero-order chi connectivity index (χ0) is 15.9. The Hall–Kier alpha value is -0.757. The zero-order valence-electron chi connectivity index (χ0n) is 13.4. The first-order valence-corrected chi connectivity index (χ1v) is 9.26. The largest absolute Gasteiger partial charge is 2.00 e. The maximum absolute atomic E-state index is 5.25. The van der Waals surface area contributed by atoms with Crippen molar-refractivity contribution in [3.8, 4) is 0 Å². The van der Waals surface area contributed by atoms with E-state index in [9.17, 15) is 0 Å². The second kappa shape index (κ2) is 16.1. The van der Waals surface area contributed by atoms with Gasteiger partial charge in [-0.25, -0.2) is 0 Å². The van der Waals surface area contributed by atoms with E-state index in [1.165, 1.54) is 9.79 Å². The first kappa shape index (κ1) is 22.2. The first-order chi connectivity index (χ1) is 10.9. The molecule has 0 heterocycles. The molecule has 0 amide bonds. The van der Waals surface area contributed by atoms with Crippen LogP contribution in [0.25, 0.3) is 0 Å². The number of hydrogen-bond donors (Lipinski definition) is 0. The monoisotopic (exact) mass is 390 g/mol. The molecule has 2 aromatic rings. The molecule has 0 bridgehead atoms. The second-order valence-corrected chi connectivity index (χ2v) is 6.71. The van der Waals surface area contributed by atoms with Crippen LogP contribution >= 0.6 is 23.5 Å². The third-order valence-electron chi connectivity index (χ3n) is 2.59. The fourth-order valence-electron chi connectivity index (χ4n) is 1.52. The van der Waals surface area contributed by atoms with Gasteiger partial charge in [0, 0.05) is 9.79 Å². The normalized spacial score (nSPS) is 9.04. The topological polar surface area (TPSA) is 0 Å². The average Bonchev–Trinajstić information content (AvgIpc) is 2.58. The SMILES string of the molecule is [CH-]=CCCSc1ccccc1.[CH-]=CCCSc1ccccc1.[Zn+2]. The van der Waals surface area contributed by atoms with Crippen molar-refractivity contribution >= 4 is 23.5 Å². The van der Waals surface area contributed by atoms with Crippen LogP contribution in [0, 0.1) is 13.2 Å². The number of rotatable bonds is 8. The standard InChI is InChI=1S/2C10H11S.Zn/c2*1-2-3-9-11-10-7-5-4-6-8-10;/h2*1-2,4-8H,3,9H2;/q2*-1;+2. The molecule has 0 radical (unpaired) electrons. The molecule has 0 aromatic heterocycles. The minimum atomic E-state index is 0. The molecule has 0 nitrogen and oxygen atoms in total. The van der Waals surface area contributed by atoms with Gasteiger partial charge in [0.2, 0.25) is 0 Å². The molecular formula is C20H22S2Zn. The molecule has 3 heteroatoms. The number of benzene rings is 2. The number of hydrogen-bond acceptors (Lipinski definition) is 2. The molecular weight excluding hydrogens is 370 g/mol. The summed E-state index contributed by atoms with van der Waals surface area (Å²) in [5.41, 5.74) is 0. The third kappa shape index (κ3) is 12.3. The molecule has 116 valence electrons. The Bertz CT molecular complexity index is 462. The minimum absolute atomic E-state index is 0. The van der Waals surface area contributed by atoms with Crippen molar-refractivity contribution in [3.63, 3.8) is 0 Å². The first-order valence-electron chi connectivity index (χ1n) is 7.29. The summed E-state index contributed by atoms with van der Waals surface area (Å²) in [6.07, 6.45) is 5.35. The van der Waals surface area contributed by atoms with Crippen molar-refractivity contribution in [2.45, 2.75) is 22.6 Å². The van der Waals surface area contributed by atoms with Gasteiger partial charge in [0.15, 0.2) is 0 Å². The molecule has 0 atom stereocenters. The van der Waals surface area contributed by atoms with E-state index in [1.54, 1.807) is 12.2 Å². The van der Waals surface area contributed by atoms with Crippen LogP contribution in [0.5, 0.6) is 0 Å². The summed E-state index contributed by atoms with van der Waals surface area (Å²) in [5, 5.41) is 0. The maximum atomic E-state index is 5.25. The summed E-state index contributed by atoms with van der Waals surface area (Å²) >= 11 is 3.67. The van der Waals surface area contributed by atoms with E-state index in [4.69, 9.17) is 13.2 Å². The summed E-state index contributed by atoms with van der Waals surface area (Å²) in [5.74, 6) is 2.14. The van der Waals surface area contributed by atoms with Crippen LogP contribution in [0.1, 0.15) is 12.8 Å². The molecule has 0 spiro atoms. The van der Waals surface area contributed by atoms with Gasteiger partial charge >= 0.3 is 19.5 Å². The Morgan fingerprint density at radius 2 is 1.00 bits per heavy atom. The van der Waals surface area contributed by atoms with Crippen LogP contribution in [0.15, 0.2) is 82.6 Å². The fourth-order valence-corrected chi connectivity index (χ4v) is 3.20. The van der Waals surface area contributed by atoms with Crippen molar-refractivity contribution in [2.24, 2.45) is 0 Å². The molecule has 2 aromatic carbocycles. The van der Waals surface area contributed by atoms with Crippen LogP contribution in [0.4, 0.5) is 0 Å². The van der Waals surface area contributed by atoms with Crippen LogP contribution in [-0.2, 0) is 19.5 Å². The van der Waals surface area contributed by atoms with Gasteiger partial charge in [0.25, 0.3) is 0 Å². The average molecular weight is 392 g/mol. The Kier molecular flexibility index (Phi) is 15.6. The van der Waals surface area contributed by atoms with Gasteiger partial charge in [-0.05, 0) is 35.8 Å². The van der Waals surface area contributed by atoms with Crippen LogP contribution in [0.2, 0.25) is 0 Å². The molecule has 2 rings (SSSR count). The Morgan fingerprint density at radius 3 is 1.30 bits per heavy atom. The predicted octanol–water partition coefficient (Wildman–Crippen LogP) is 6.31. The van der Waals surface area contributed by atoms with Gasteiger partial charge in [-0.2, -0.15) is 0 Å². The molecule has 0 fully saturated rings. The van der Waals surface area contributed by atoms with E-state index in [1.807, 2.05) is 35.7 Å². The van der Waals surface area contributed by atoms with Crippen LogP contribution < -0.4 is 0 Å². The van der Waals surface area contributed by atoms with E-state index in [0.29, 0.717) is 0 Å². The summed E-state index contributed by atoms with van der Waals surface area (Å²) in [6, 6.07) is 20.7. The van der Waals surface area contributed by atoms with Crippen LogP contribution in [0.3, 0.4) is 0 Å². The minimum Gasteiger partial charge on any atom is -0.518 e. The fraction of sp³-hybridized carbons (Fsp3) is 0.200. The quantitative estimate of drug-likeness (QED) is 0.224. The summed E-state index contributed by atoms with van der Waals surface area (Å²) in [4.78, 5) is 2.63. The van der Waals surface area contributed by atoms with Gasteiger partial charge in [0.05, 0.1) is 0 Å². The molecule has 0 saturated carbocycles. The zero-order valence-corrected chi connectivity index (χ0v) is 18.0. The molecule has 0 aliphatic heterocycles. The van der Waals surface area contributed by atoms with Gasteiger partial charge < -0.3 is 13.2 Å². The van der Waals surface area contributed by atoms with Gasteiger partial charge in [-0.1, -0.05) is 49.2 Å². The van der Waals surface area contributed by atoms with Crippen molar-refractivity contribution in [1.29, 1.82) is 0 Å². The summed E-state index contributed by atoms with van der Waals surface area (Å²) < 4.78 is 0. The van der Waals surface area contributed by atoms with Crippen molar-refractivity contribution < 1.29 is 19.5 Å². The van der Waals surface area contributed by atoms with E-state index in [0.717, 1.165) is 24.3 Å². The molecule has 23 heavy (non-hydrogen) atoms. The number of allylic oxidation sites excluding steroid dienone is 2. The predicted molar refractivity (Wildman–Crippen MR) is 101 cm³/mol. The van der Waals surface area contributed by atoms with Crippen LogP contribution in [-0.4, -0.2) is 11.5 Å². The summed E-state index contributed by atoms with van der Waals surface area (Å²) in [7, 11) is 0. The van der Waals surface area contributed by atoms with Crippen molar-refractivity contribution in [1.82, 2.24) is 0 Å². The smallest absolute Gasteiger partial charge is 0.518 e. The molecule has 0 aliphatic carbocycles. The Balaban J connectivity index is 0.000000403. The van der Waals surface area contributed by atoms with Gasteiger partial charge in [-0.3, -0.25) is 12.2 Å². The molecule has 0 aliphatic rings. The Morgan fingerprint density at radius 1 is 0.652 bits per heavy atom. The van der Waals surface area contributed by atoms with E-state index < -0.39 is 0 Å². The van der Waals surface area contributed by atoms with E-state index in [-0.39, 0.29) is 19.5 Å². The maximum Gasteiger partial charge on any atom is 2.00 e. The summed E-state index contributed by atoms with van der Waals surface area (Å²) in [6.45, 7) is 10.5. The van der Waals surface area contributed by atoms with Gasteiger partial charge in [0.1, 0.15) is 0 Å². The van der Waals surface area contributed by atoms with Gasteiger partial charge in [-0.15, -0.1) is 23.5 Å². The second-order valence-electron chi connectivity index (χ2n) is 4.37. The number of thioether (sulfide) groups is 2. The molecule has 0 saturated heterocycles.